The normalized spacial score (nSPS) is 21.6. The molecule has 0 spiro atoms. The van der Waals surface area contributed by atoms with Gasteiger partial charge in [-0.05, 0) is 61.6 Å². The van der Waals surface area contributed by atoms with Crippen molar-refractivity contribution in [3.63, 3.8) is 0 Å². The summed E-state index contributed by atoms with van der Waals surface area (Å²) < 4.78 is 23.1. The minimum atomic E-state index is -0.472. The largest absolute Gasteiger partial charge is 0.497 e. The molecule has 2 aromatic rings. The number of nitrogens with one attached hydrogen (secondary N) is 1. The number of hydrogen-bond acceptors (Lipinski definition) is 5. The Morgan fingerprint density at radius 3 is 2.53 bits per heavy atom. The fourth-order valence-corrected chi connectivity index (χ4v) is 4.81. The minimum absolute atomic E-state index is 0.0926. The molecule has 1 saturated carbocycles. The smallest absolute Gasteiger partial charge is 0.407 e. The molecule has 1 amide bonds. The monoisotopic (exact) mass is 439 g/mol. The van der Waals surface area contributed by atoms with E-state index in [1.807, 2.05) is 42.5 Å². The van der Waals surface area contributed by atoms with Gasteiger partial charge in [-0.1, -0.05) is 31.4 Å². The molecule has 2 aromatic carbocycles. The molecule has 2 aliphatic rings. The molecule has 1 fully saturated rings. The molecule has 32 heavy (non-hydrogen) atoms. The first kappa shape index (κ1) is 22.3. The molecule has 6 nitrogen and oxygen atoms in total. The molecule has 6 heteroatoms. The van der Waals surface area contributed by atoms with Crippen LogP contribution in [0.25, 0.3) is 0 Å². The van der Waals surface area contributed by atoms with E-state index in [-0.39, 0.29) is 6.04 Å². The third-order valence-electron chi connectivity index (χ3n) is 6.66. The van der Waals surface area contributed by atoms with E-state index < -0.39 is 18.3 Å². The first-order valence-electron chi connectivity index (χ1n) is 11.5. The fraction of sp³-hybridized carbons (Fsp3) is 0.500. The van der Waals surface area contributed by atoms with E-state index in [0.717, 1.165) is 41.2 Å². The number of amides is 1. The highest BCUT2D eigenvalue weighted by Gasteiger charge is 2.35. The Kier molecular flexibility index (Phi) is 7.08. The summed E-state index contributed by atoms with van der Waals surface area (Å²) in [5.41, 5.74) is 1.87. The highest BCUT2D eigenvalue weighted by Crippen LogP contribution is 2.39. The second kappa shape index (κ2) is 10.2. The maximum absolute atomic E-state index is 12.9. The second-order valence-electron chi connectivity index (χ2n) is 8.77. The van der Waals surface area contributed by atoms with Crippen molar-refractivity contribution in [2.24, 2.45) is 5.92 Å². The molecule has 4 rings (SSSR count). The maximum atomic E-state index is 12.9. The van der Waals surface area contributed by atoms with Crippen molar-refractivity contribution in [1.29, 1.82) is 0 Å². The summed E-state index contributed by atoms with van der Waals surface area (Å²) in [7, 11) is 3.27. The predicted molar refractivity (Wildman–Crippen MR) is 123 cm³/mol. The number of carbonyl (C=O) groups excluding carboxylic acids is 1. The number of fused-ring (bicyclic) bond motifs is 1. The zero-order chi connectivity index (χ0) is 22.5. The number of methoxy groups -OCH3 is 2. The number of alkyl carbamates (subject to hydrolysis) is 1. The quantitative estimate of drug-likeness (QED) is 0.649. The van der Waals surface area contributed by atoms with Crippen LogP contribution in [0.15, 0.2) is 42.5 Å². The minimum Gasteiger partial charge on any atom is -0.497 e. The van der Waals surface area contributed by atoms with Crippen molar-refractivity contribution in [1.82, 2.24) is 5.32 Å². The molecule has 172 valence electrons. The summed E-state index contributed by atoms with van der Waals surface area (Å²) >= 11 is 0. The van der Waals surface area contributed by atoms with Gasteiger partial charge in [0.25, 0.3) is 0 Å². The Labute approximate surface area is 190 Å². The molecule has 1 aliphatic carbocycles. The summed E-state index contributed by atoms with van der Waals surface area (Å²) in [5, 5.41) is 3.07. The van der Waals surface area contributed by atoms with E-state index in [1.54, 1.807) is 14.2 Å². The van der Waals surface area contributed by atoms with E-state index in [4.69, 9.17) is 18.9 Å². The second-order valence-corrected chi connectivity index (χ2v) is 8.77. The van der Waals surface area contributed by atoms with Gasteiger partial charge < -0.3 is 24.3 Å². The lowest BCUT2D eigenvalue weighted by atomic mass is 9.85. The van der Waals surface area contributed by atoms with Crippen LogP contribution >= 0.6 is 0 Å². The number of hydrogen-bond donors (Lipinski definition) is 1. The summed E-state index contributed by atoms with van der Waals surface area (Å²) in [6, 6.07) is 13.5. The molecule has 1 N–H and O–H groups in total. The summed E-state index contributed by atoms with van der Waals surface area (Å²) in [4.78, 5) is 12.9. The fourth-order valence-electron chi connectivity index (χ4n) is 4.81. The SMILES string of the molecule is COc1cccc([C@@H]2Oc3ccc(OC)cc3C[C@H]2OC(=O)N[C@H](C)C2CCCCC2)c1. The zero-order valence-corrected chi connectivity index (χ0v) is 19.1. The van der Waals surface area contributed by atoms with Gasteiger partial charge in [-0.25, -0.2) is 4.79 Å². The van der Waals surface area contributed by atoms with Crippen molar-refractivity contribution in [3.8, 4) is 17.2 Å². The Morgan fingerprint density at radius 2 is 1.78 bits per heavy atom. The predicted octanol–water partition coefficient (Wildman–Crippen LogP) is 5.44. The van der Waals surface area contributed by atoms with Crippen molar-refractivity contribution in [2.75, 3.05) is 14.2 Å². The van der Waals surface area contributed by atoms with E-state index in [0.29, 0.717) is 12.3 Å². The maximum Gasteiger partial charge on any atom is 0.407 e. The van der Waals surface area contributed by atoms with E-state index in [2.05, 4.69) is 12.2 Å². The molecule has 1 heterocycles. The first-order valence-corrected chi connectivity index (χ1v) is 11.5. The van der Waals surface area contributed by atoms with Gasteiger partial charge in [0.15, 0.2) is 6.10 Å². The summed E-state index contributed by atoms with van der Waals surface area (Å²) in [5.74, 6) is 2.77. The molecule has 0 bridgehead atoms. The zero-order valence-electron chi connectivity index (χ0n) is 19.1. The van der Waals surface area contributed by atoms with Crippen LogP contribution < -0.4 is 19.5 Å². The molecule has 0 radical (unpaired) electrons. The average molecular weight is 440 g/mol. The van der Waals surface area contributed by atoms with Gasteiger partial charge >= 0.3 is 6.09 Å². The molecule has 0 aromatic heterocycles. The van der Waals surface area contributed by atoms with Crippen LogP contribution in [-0.2, 0) is 11.2 Å². The van der Waals surface area contributed by atoms with Crippen molar-refractivity contribution < 1.29 is 23.7 Å². The third-order valence-corrected chi connectivity index (χ3v) is 6.66. The van der Waals surface area contributed by atoms with Crippen molar-refractivity contribution in [2.45, 2.75) is 63.7 Å². The van der Waals surface area contributed by atoms with Gasteiger partial charge in [0.2, 0.25) is 0 Å². The van der Waals surface area contributed by atoms with E-state index >= 15 is 0 Å². The standard InChI is InChI=1S/C26H33NO5/c1-17(18-8-5-4-6-9-18)27-26(28)32-24-16-20-15-22(30-3)12-13-23(20)31-25(24)19-10-7-11-21(14-19)29-2/h7,10-15,17-18,24-25H,4-6,8-9,16H2,1-3H3,(H,27,28)/t17-,24-,25+/m1/s1. The average Bonchev–Trinajstić information content (AvgIpc) is 2.83. The van der Waals surface area contributed by atoms with Gasteiger partial charge in [0, 0.05) is 18.0 Å². The number of benzene rings is 2. The van der Waals surface area contributed by atoms with Crippen molar-refractivity contribution in [3.05, 3.63) is 53.6 Å². The van der Waals surface area contributed by atoms with E-state index in [1.165, 1.54) is 19.3 Å². The molecule has 1 aliphatic heterocycles. The third kappa shape index (κ3) is 5.12. The summed E-state index contributed by atoms with van der Waals surface area (Å²) in [6.45, 7) is 2.08. The molecule has 0 unspecified atom stereocenters. The van der Waals surface area contributed by atoms with Crippen LogP contribution in [-0.4, -0.2) is 32.5 Å². The molecule has 3 atom stereocenters. The van der Waals surface area contributed by atoms with Gasteiger partial charge in [-0.3, -0.25) is 0 Å². The molecule has 0 saturated heterocycles. The Hall–Kier alpha value is -2.89. The summed E-state index contributed by atoms with van der Waals surface area (Å²) in [6.07, 6.45) is 5.33. The van der Waals surface area contributed by atoms with Gasteiger partial charge in [-0.15, -0.1) is 0 Å². The topological polar surface area (TPSA) is 66.0 Å². The van der Waals surface area contributed by atoms with Crippen LogP contribution in [0.3, 0.4) is 0 Å². The lowest BCUT2D eigenvalue weighted by Gasteiger charge is -2.34. The van der Waals surface area contributed by atoms with E-state index in [9.17, 15) is 4.79 Å². The first-order chi connectivity index (χ1) is 15.6. The highest BCUT2D eigenvalue weighted by atomic mass is 16.6. The lowest BCUT2D eigenvalue weighted by molar-refractivity contribution is 0.00120. The Bertz CT molecular complexity index is 924. The van der Waals surface area contributed by atoms with Gasteiger partial charge in [0.05, 0.1) is 14.2 Å². The van der Waals surface area contributed by atoms with Crippen LogP contribution in [0, 0.1) is 5.92 Å². The van der Waals surface area contributed by atoms with Crippen LogP contribution in [0.1, 0.15) is 56.3 Å². The molecular formula is C26H33NO5. The number of rotatable bonds is 6. The lowest BCUT2D eigenvalue weighted by Crippen LogP contribution is -2.43. The Balaban J connectivity index is 1.53. The van der Waals surface area contributed by atoms with Crippen LogP contribution in [0.2, 0.25) is 0 Å². The number of ether oxygens (including phenoxy) is 4. The van der Waals surface area contributed by atoms with Crippen LogP contribution in [0.5, 0.6) is 17.2 Å². The van der Waals surface area contributed by atoms with Crippen LogP contribution in [0.4, 0.5) is 4.79 Å². The molecular weight excluding hydrogens is 406 g/mol. The number of carbonyl (C=O) groups is 1. The van der Waals surface area contributed by atoms with Crippen molar-refractivity contribution >= 4 is 6.09 Å². The highest BCUT2D eigenvalue weighted by molar-refractivity contribution is 5.68. The van der Waals surface area contributed by atoms with Gasteiger partial charge in [0.1, 0.15) is 23.4 Å². The Morgan fingerprint density at radius 1 is 1.03 bits per heavy atom. The van der Waals surface area contributed by atoms with Gasteiger partial charge in [-0.2, -0.15) is 0 Å².